The van der Waals surface area contributed by atoms with Gasteiger partial charge in [0.05, 0.1) is 26.4 Å². The van der Waals surface area contributed by atoms with Crippen LogP contribution in [0.5, 0.6) is 0 Å². The Bertz CT molecular complexity index is 557. The standard InChI is InChI=1S/C25H48N2O5/c1-20(2)22(28)26-11-9-13-30-15-17-32-18-16-31-14-10-12-27-23(29)25(8,21(3)4)19-24(5,6)7/h21H,1,9-19H2,2-8H3,(H,26,28)(H,27,29). The van der Waals surface area contributed by atoms with Gasteiger partial charge in [-0.3, -0.25) is 9.59 Å². The van der Waals surface area contributed by atoms with Crippen LogP contribution in [0.4, 0.5) is 0 Å². The van der Waals surface area contributed by atoms with E-state index in [1.54, 1.807) is 6.92 Å². The Labute approximate surface area is 196 Å². The fraction of sp³-hybridized carbons (Fsp3) is 0.840. The Balaban J connectivity index is 3.64. The summed E-state index contributed by atoms with van der Waals surface area (Å²) in [5, 5.41) is 5.84. The van der Waals surface area contributed by atoms with Gasteiger partial charge in [-0.05, 0) is 37.5 Å². The zero-order valence-corrected chi connectivity index (χ0v) is 21.6. The number of rotatable bonds is 18. The van der Waals surface area contributed by atoms with E-state index in [1.165, 1.54) is 0 Å². The Morgan fingerprint density at radius 2 is 1.25 bits per heavy atom. The summed E-state index contributed by atoms with van der Waals surface area (Å²) in [7, 11) is 0. The van der Waals surface area contributed by atoms with Gasteiger partial charge in [0.2, 0.25) is 11.8 Å². The molecule has 0 spiro atoms. The maximum Gasteiger partial charge on any atom is 0.246 e. The van der Waals surface area contributed by atoms with Gasteiger partial charge in [0.15, 0.2) is 0 Å². The minimum absolute atomic E-state index is 0.104. The van der Waals surface area contributed by atoms with Crippen LogP contribution in [0.3, 0.4) is 0 Å². The molecule has 188 valence electrons. The fourth-order valence-electron chi connectivity index (χ4n) is 3.30. The van der Waals surface area contributed by atoms with Crippen molar-refractivity contribution >= 4 is 11.8 Å². The summed E-state index contributed by atoms with van der Waals surface area (Å²) < 4.78 is 16.5. The van der Waals surface area contributed by atoms with Crippen LogP contribution < -0.4 is 10.6 Å². The van der Waals surface area contributed by atoms with E-state index in [0.717, 1.165) is 19.3 Å². The third-order valence-electron chi connectivity index (χ3n) is 5.32. The van der Waals surface area contributed by atoms with Crippen molar-refractivity contribution in [3.8, 4) is 0 Å². The first-order chi connectivity index (χ1) is 14.9. The van der Waals surface area contributed by atoms with E-state index < -0.39 is 0 Å². The first kappa shape index (κ1) is 30.6. The van der Waals surface area contributed by atoms with Crippen molar-refractivity contribution in [1.29, 1.82) is 0 Å². The average molecular weight is 457 g/mol. The molecule has 0 aliphatic heterocycles. The van der Waals surface area contributed by atoms with Gasteiger partial charge in [-0.15, -0.1) is 0 Å². The molecule has 0 fully saturated rings. The second-order valence-electron chi connectivity index (χ2n) is 10.1. The van der Waals surface area contributed by atoms with Gasteiger partial charge in [-0.1, -0.05) is 48.1 Å². The Morgan fingerprint density at radius 3 is 1.66 bits per heavy atom. The molecule has 0 aliphatic rings. The van der Waals surface area contributed by atoms with Crippen molar-refractivity contribution < 1.29 is 23.8 Å². The molecule has 0 bridgehead atoms. The highest BCUT2D eigenvalue weighted by atomic mass is 16.5. The Kier molecular flexibility index (Phi) is 15.5. The van der Waals surface area contributed by atoms with Crippen molar-refractivity contribution in [2.45, 2.75) is 67.7 Å². The lowest BCUT2D eigenvalue weighted by molar-refractivity contribution is -0.134. The zero-order valence-electron chi connectivity index (χ0n) is 21.6. The molecule has 0 aliphatic carbocycles. The molecular formula is C25H48N2O5. The van der Waals surface area contributed by atoms with E-state index in [-0.39, 0.29) is 28.6 Å². The summed E-state index contributed by atoms with van der Waals surface area (Å²) in [5.41, 5.74) is 0.247. The summed E-state index contributed by atoms with van der Waals surface area (Å²) in [6.07, 6.45) is 2.39. The SMILES string of the molecule is C=C(C)C(=O)NCCCOCCOCCOCCCNC(=O)C(C)(CC(C)(C)C)C(C)C. The lowest BCUT2D eigenvalue weighted by atomic mass is 9.68. The number of ether oxygens (including phenoxy) is 3. The van der Waals surface area contributed by atoms with Gasteiger partial charge in [0, 0.05) is 37.3 Å². The topological polar surface area (TPSA) is 85.9 Å². The van der Waals surface area contributed by atoms with Gasteiger partial charge in [-0.25, -0.2) is 0 Å². The molecule has 0 rings (SSSR count). The molecule has 1 unspecified atom stereocenters. The van der Waals surface area contributed by atoms with Crippen LogP contribution in [-0.4, -0.2) is 64.5 Å². The summed E-state index contributed by atoms with van der Waals surface area (Å²) in [6, 6.07) is 0. The molecule has 0 aromatic heterocycles. The first-order valence-electron chi connectivity index (χ1n) is 11.9. The van der Waals surface area contributed by atoms with Crippen LogP contribution in [0.2, 0.25) is 0 Å². The molecule has 7 heteroatoms. The molecule has 2 amide bonds. The molecule has 1 atom stereocenters. The second-order valence-corrected chi connectivity index (χ2v) is 10.1. The van der Waals surface area contributed by atoms with E-state index in [9.17, 15) is 9.59 Å². The number of hydrogen-bond donors (Lipinski definition) is 2. The molecule has 0 saturated heterocycles. The molecular weight excluding hydrogens is 408 g/mol. The normalized spacial score (nSPS) is 13.6. The quantitative estimate of drug-likeness (QED) is 0.242. The number of nitrogens with one attached hydrogen (secondary N) is 2. The Morgan fingerprint density at radius 1 is 0.812 bits per heavy atom. The van der Waals surface area contributed by atoms with Gasteiger partial charge < -0.3 is 24.8 Å². The van der Waals surface area contributed by atoms with Crippen molar-refractivity contribution in [3.63, 3.8) is 0 Å². The molecule has 0 aromatic carbocycles. The fourth-order valence-corrected chi connectivity index (χ4v) is 3.30. The monoisotopic (exact) mass is 456 g/mol. The minimum atomic E-state index is -0.367. The molecule has 0 radical (unpaired) electrons. The summed E-state index contributed by atoms with van der Waals surface area (Å²) in [4.78, 5) is 24.1. The molecule has 7 nitrogen and oxygen atoms in total. The summed E-state index contributed by atoms with van der Waals surface area (Å²) >= 11 is 0. The zero-order chi connectivity index (χ0) is 24.6. The highest BCUT2D eigenvalue weighted by Crippen LogP contribution is 2.39. The smallest absolute Gasteiger partial charge is 0.246 e. The summed E-state index contributed by atoms with van der Waals surface area (Å²) in [6.45, 7) is 22.5. The highest BCUT2D eigenvalue weighted by molar-refractivity contribution is 5.92. The van der Waals surface area contributed by atoms with E-state index in [1.807, 2.05) is 0 Å². The number of carbonyl (C=O) groups excluding carboxylic acids is 2. The lowest BCUT2D eigenvalue weighted by Crippen LogP contribution is -2.45. The minimum Gasteiger partial charge on any atom is -0.379 e. The molecule has 0 aromatic rings. The van der Waals surface area contributed by atoms with Crippen LogP contribution in [0.25, 0.3) is 0 Å². The number of carbonyl (C=O) groups is 2. The largest absolute Gasteiger partial charge is 0.379 e. The van der Waals surface area contributed by atoms with Gasteiger partial charge in [-0.2, -0.15) is 0 Å². The van der Waals surface area contributed by atoms with Crippen molar-refractivity contribution in [2.75, 3.05) is 52.7 Å². The molecule has 0 heterocycles. The van der Waals surface area contributed by atoms with E-state index in [0.29, 0.717) is 58.3 Å². The molecule has 2 N–H and O–H groups in total. The molecule has 32 heavy (non-hydrogen) atoms. The number of amides is 2. The third kappa shape index (κ3) is 14.6. The van der Waals surface area contributed by atoms with Gasteiger partial charge in [0.25, 0.3) is 0 Å². The van der Waals surface area contributed by atoms with Crippen LogP contribution in [0.1, 0.15) is 67.7 Å². The maximum atomic E-state index is 12.8. The Hall–Kier alpha value is -1.44. The van der Waals surface area contributed by atoms with Crippen LogP contribution in [0.15, 0.2) is 12.2 Å². The van der Waals surface area contributed by atoms with E-state index >= 15 is 0 Å². The number of hydrogen-bond acceptors (Lipinski definition) is 5. The van der Waals surface area contributed by atoms with Crippen molar-refractivity contribution in [3.05, 3.63) is 12.2 Å². The third-order valence-corrected chi connectivity index (χ3v) is 5.32. The van der Waals surface area contributed by atoms with E-state index in [2.05, 4.69) is 58.8 Å². The summed E-state index contributed by atoms with van der Waals surface area (Å²) in [5.74, 6) is 0.288. The maximum absolute atomic E-state index is 12.8. The van der Waals surface area contributed by atoms with Gasteiger partial charge in [0.1, 0.15) is 0 Å². The predicted octanol–water partition coefficient (Wildman–Crippen LogP) is 3.72. The lowest BCUT2D eigenvalue weighted by Gasteiger charge is -2.37. The van der Waals surface area contributed by atoms with Gasteiger partial charge >= 0.3 is 0 Å². The van der Waals surface area contributed by atoms with Crippen LogP contribution in [-0.2, 0) is 23.8 Å². The van der Waals surface area contributed by atoms with Crippen molar-refractivity contribution in [1.82, 2.24) is 10.6 Å². The molecule has 0 saturated carbocycles. The van der Waals surface area contributed by atoms with E-state index in [4.69, 9.17) is 14.2 Å². The first-order valence-corrected chi connectivity index (χ1v) is 11.9. The second kappa shape index (κ2) is 16.2. The predicted molar refractivity (Wildman–Crippen MR) is 130 cm³/mol. The van der Waals surface area contributed by atoms with Crippen LogP contribution in [0, 0.1) is 16.7 Å². The average Bonchev–Trinajstić information content (AvgIpc) is 2.68. The van der Waals surface area contributed by atoms with Crippen molar-refractivity contribution in [2.24, 2.45) is 16.7 Å². The van der Waals surface area contributed by atoms with Crippen LogP contribution >= 0.6 is 0 Å². The highest BCUT2D eigenvalue weighted by Gasteiger charge is 2.39.